The second kappa shape index (κ2) is 5.77. The number of nitrogen functional groups attached to an aromatic ring is 1. The van der Waals surface area contributed by atoms with E-state index in [1.165, 1.54) is 19.2 Å². The van der Waals surface area contributed by atoms with Crippen LogP contribution in [0, 0.1) is 0 Å². The Labute approximate surface area is 112 Å². The minimum Gasteiger partial charge on any atom is -0.497 e. The molecular weight excluding hydrogens is 268 g/mol. The van der Waals surface area contributed by atoms with Crippen LogP contribution in [-0.4, -0.2) is 34.8 Å². The third kappa shape index (κ3) is 3.37. The van der Waals surface area contributed by atoms with Crippen LogP contribution < -0.4 is 15.2 Å². The smallest absolute Gasteiger partial charge is 0.242 e. The van der Waals surface area contributed by atoms with Crippen molar-refractivity contribution in [1.82, 2.24) is 4.72 Å². The fraction of sp³-hybridized carbons (Fsp3) is 0.500. The van der Waals surface area contributed by atoms with Gasteiger partial charge >= 0.3 is 0 Å². The zero-order valence-corrected chi connectivity index (χ0v) is 11.6. The molecule has 7 heteroatoms. The Morgan fingerprint density at radius 1 is 1.37 bits per heavy atom. The van der Waals surface area contributed by atoms with E-state index in [0.717, 1.165) is 0 Å². The Kier molecular flexibility index (Phi) is 4.28. The van der Waals surface area contributed by atoms with Gasteiger partial charge in [0.05, 0.1) is 12.8 Å². The molecule has 19 heavy (non-hydrogen) atoms. The quantitative estimate of drug-likeness (QED) is 0.796. The van der Waals surface area contributed by atoms with Crippen molar-refractivity contribution in [1.29, 1.82) is 0 Å². The summed E-state index contributed by atoms with van der Waals surface area (Å²) in [5.41, 5.74) is 5.94. The third-order valence-corrected chi connectivity index (χ3v) is 4.64. The molecule has 1 aromatic rings. The summed E-state index contributed by atoms with van der Waals surface area (Å²) in [4.78, 5) is 0.0831. The monoisotopic (exact) mass is 286 g/mol. The number of hydrogen-bond acceptors (Lipinski definition) is 5. The van der Waals surface area contributed by atoms with Gasteiger partial charge < -0.3 is 15.2 Å². The minimum absolute atomic E-state index is 0.0831. The Bertz CT molecular complexity index is 539. The molecule has 1 fully saturated rings. The first-order chi connectivity index (χ1) is 9.03. The Morgan fingerprint density at radius 3 is 2.63 bits per heavy atom. The van der Waals surface area contributed by atoms with Crippen molar-refractivity contribution in [2.24, 2.45) is 0 Å². The molecule has 0 amide bonds. The number of ether oxygens (including phenoxy) is 2. The summed E-state index contributed by atoms with van der Waals surface area (Å²) in [6.45, 7) is 1.15. The number of methoxy groups -OCH3 is 1. The zero-order valence-electron chi connectivity index (χ0n) is 10.8. The van der Waals surface area contributed by atoms with Crippen LogP contribution in [0.15, 0.2) is 23.1 Å². The lowest BCUT2D eigenvalue weighted by atomic mass is 10.1. The normalized spacial score (nSPS) is 17.3. The molecule has 0 bridgehead atoms. The van der Waals surface area contributed by atoms with E-state index in [1.807, 2.05) is 0 Å². The summed E-state index contributed by atoms with van der Waals surface area (Å²) in [5.74, 6) is 0.530. The molecule has 0 spiro atoms. The fourth-order valence-corrected chi connectivity index (χ4v) is 3.41. The van der Waals surface area contributed by atoms with Crippen LogP contribution in [0.3, 0.4) is 0 Å². The molecule has 0 unspecified atom stereocenters. The number of hydrogen-bond donors (Lipinski definition) is 2. The molecule has 106 valence electrons. The standard InChI is InChI=1S/C12H18N2O4S/c1-17-10-2-3-12(11(13)8-10)19(15,16)14-9-4-6-18-7-5-9/h2-3,8-9,14H,4-7,13H2,1H3. The first kappa shape index (κ1) is 14.1. The minimum atomic E-state index is -3.60. The number of anilines is 1. The molecule has 6 nitrogen and oxygen atoms in total. The first-order valence-electron chi connectivity index (χ1n) is 6.06. The summed E-state index contributed by atoms with van der Waals surface area (Å²) >= 11 is 0. The molecule has 3 N–H and O–H groups in total. The number of sulfonamides is 1. The van der Waals surface area contributed by atoms with Crippen molar-refractivity contribution in [3.63, 3.8) is 0 Å². The van der Waals surface area contributed by atoms with E-state index in [4.69, 9.17) is 15.2 Å². The van der Waals surface area contributed by atoms with Crippen molar-refractivity contribution in [2.45, 2.75) is 23.8 Å². The van der Waals surface area contributed by atoms with Gasteiger partial charge in [0.2, 0.25) is 10.0 Å². The Balaban J connectivity index is 2.18. The number of rotatable bonds is 4. The van der Waals surface area contributed by atoms with Crippen molar-refractivity contribution in [3.8, 4) is 5.75 Å². The van der Waals surface area contributed by atoms with E-state index in [0.29, 0.717) is 31.8 Å². The fourth-order valence-electron chi connectivity index (χ4n) is 2.00. The van der Waals surface area contributed by atoms with Gasteiger partial charge in [-0.2, -0.15) is 0 Å². The van der Waals surface area contributed by atoms with Crippen LogP contribution in [0.1, 0.15) is 12.8 Å². The van der Waals surface area contributed by atoms with E-state index in [1.54, 1.807) is 6.07 Å². The molecule has 1 heterocycles. The van der Waals surface area contributed by atoms with Gasteiger partial charge in [0, 0.05) is 25.3 Å². The summed E-state index contributed by atoms with van der Waals surface area (Å²) < 4.78 is 37.4. The molecule has 2 rings (SSSR count). The van der Waals surface area contributed by atoms with E-state index in [2.05, 4.69) is 4.72 Å². The number of nitrogens with one attached hydrogen (secondary N) is 1. The van der Waals surface area contributed by atoms with Gasteiger partial charge in [-0.3, -0.25) is 0 Å². The van der Waals surface area contributed by atoms with Gasteiger partial charge in [-0.05, 0) is 25.0 Å². The lowest BCUT2D eigenvalue weighted by molar-refractivity contribution is 0.0832. The average molecular weight is 286 g/mol. The summed E-state index contributed by atoms with van der Waals surface area (Å²) in [5, 5.41) is 0. The predicted molar refractivity (Wildman–Crippen MR) is 71.6 cm³/mol. The van der Waals surface area contributed by atoms with E-state index < -0.39 is 10.0 Å². The van der Waals surface area contributed by atoms with Crippen LogP contribution >= 0.6 is 0 Å². The van der Waals surface area contributed by atoms with Gasteiger partial charge in [0.1, 0.15) is 10.6 Å². The maximum atomic E-state index is 12.2. The molecule has 0 atom stereocenters. The maximum absolute atomic E-state index is 12.2. The van der Waals surface area contributed by atoms with Gasteiger partial charge in [0.15, 0.2) is 0 Å². The van der Waals surface area contributed by atoms with Gasteiger partial charge in [-0.25, -0.2) is 13.1 Å². The molecule has 0 saturated carbocycles. The van der Waals surface area contributed by atoms with Crippen molar-refractivity contribution >= 4 is 15.7 Å². The highest BCUT2D eigenvalue weighted by atomic mass is 32.2. The predicted octanol–water partition coefficient (Wildman–Crippen LogP) is 0.735. The molecule has 1 saturated heterocycles. The molecule has 0 radical (unpaired) electrons. The van der Waals surface area contributed by atoms with Crippen LogP contribution in [0.4, 0.5) is 5.69 Å². The van der Waals surface area contributed by atoms with Crippen molar-refractivity contribution < 1.29 is 17.9 Å². The zero-order chi connectivity index (χ0) is 13.9. The first-order valence-corrected chi connectivity index (χ1v) is 7.55. The highest BCUT2D eigenvalue weighted by Crippen LogP contribution is 2.24. The topological polar surface area (TPSA) is 90.7 Å². The van der Waals surface area contributed by atoms with Crippen LogP contribution in [0.5, 0.6) is 5.75 Å². The van der Waals surface area contributed by atoms with Crippen molar-refractivity contribution in [2.75, 3.05) is 26.1 Å². The van der Waals surface area contributed by atoms with E-state index in [9.17, 15) is 8.42 Å². The number of benzene rings is 1. The Morgan fingerprint density at radius 2 is 2.05 bits per heavy atom. The van der Waals surface area contributed by atoms with Gasteiger partial charge in [-0.15, -0.1) is 0 Å². The summed E-state index contributed by atoms with van der Waals surface area (Å²) in [6.07, 6.45) is 1.35. The second-order valence-electron chi connectivity index (χ2n) is 4.41. The van der Waals surface area contributed by atoms with Crippen LogP contribution in [0.2, 0.25) is 0 Å². The van der Waals surface area contributed by atoms with Crippen molar-refractivity contribution in [3.05, 3.63) is 18.2 Å². The summed E-state index contributed by atoms with van der Waals surface area (Å²) in [6, 6.07) is 4.43. The SMILES string of the molecule is COc1ccc(S(=O)(=O)NC2CCOCC2)c(N)c1. The molecule has 1 aliphatic heterocycles. The molecular formula is C12H18N2O4S. The van der Waals surface area contributed by atoms with E-state index in [-0.39, 0.29) is 16.6 Å². The molecule has 1 aliphatic rings. The average Bonchev–Trinajstić information content (AvgIpc) is 2.38. The van der Waals surface area contributed by atoms with Gasteiger partial charge in [-0.1, -0.05) is 0 Å². The molecule has 0 aromatic heterocycles. The number of nitrogens with two attached hydrogens (primary N) is 1. The second-order valence-corrected chi connectivity index (χ2v) is 6.09. The van der Waals surface area contributed by atoms with Crippen LogP contribution in [-0.2, 0) is 14.8 Å². The maximum Gasteiger partial charge on any atom is 0.242 e. The molecule has 0 aliphatic carbocycles. The van der Waals surface area contributed by atoms with Crippen LogP contribution in [0.25, 0.3) is 0 Å². The molecule has 1 aromatic carbocycles. The largest absolute Gasteiger partial charge is 0.497 e. The lowest BCUT2D eigenvalue weighted by Gasteiger charge is -2.23. The lowest BCUT2D eigenvalue weighted by Crippen LogP contribution is -2.39. The highest BCUT2D eigenvalue weighted by molar-refractivity contribution is 7.89. The Hall–Kier alpha value is -1.31. The van der Waals surface area contributed by atoms with Gasteiger partial charge in [0.25, 0.3) is 0 Å². The summed E-state index contributed by atoms with van der Waals surface area (Å²) in [7, 11) is -2.10. The third-order valence-electron chi connectivity index (χ3n) is 3.05. The van der Waals surface area contributed by atoms with E-state index >= 15 is 0 Å². The highest BCUT2D eigenvalue weighted by Gasteiger charge is 2.23.